The second-order valence-electron chi connectivity index (χ2n) is 7.63. The van der Waals surface area contributed by atoms with Crippen LogP contribution in [0.1, 0.15) is 62.4 Å². The SMILES string of the molecule is Cc1ccccc1C(=O)N[C@H](C(=O)N[C@@H](C)CC[C@H]1CCCO1)C(C)C. The molecule has 0 aliphatic carbocycles. The van der Waals surface area contributed by atoms with E-state index in [1.165, 1.54) is 0 Å². The van der Waals surface area contributed by atoms with Gasteiger partial charge < -0.3 is 15.4 Å². The number of ether oxygens (including phenoxy) is 1. The standard InChI is InChI=1S/C21H32N2O3/c1-14(2)19(23-20(24)18-10-6-5-8-15(18)3)21(25)22-16(4)11-12-17-9-7-13-26-17/h5-6,8,10,14,16-17,19H,7,9,11-13H2,1-4H3,(H,22,25)(H,23,24)/t16-,17+,19-/m0/s1. The largest absolute Gasteiger partial charge is 0.378 e. The van der Waals surface area contributed by atoms with E-state index in [2.05, 4.69) is 10.6 Å². The molecule has 1 saturated heterocycles. The molecule has 0 bridgehead atoms. The zero-order valence-corrected chi connectivity index (χ0v) is 16.4. The molecule has 2 rings (SSSR count). The van der Waals surface area contributed by atoms with Crippen molar-refractivity contribution < 1.29 is 14.3 Å². The van der Waals surface area contributed by atoms with E-state index >= 15 is 0 Å². The van der Waals surface area contributed by atoms with E-state index in [0.717, 1.165) is 37.9 Å². The molecule has 26 heavy (non-hydrogen) atoms. The fraction of sp³-hybridized carbons (Fsp3) is 0.619. The van der Waals surface area contributed by atoms with Gasteiger partial charge in [0.05, 0.1) is 6.10 Å². The predicted octanol–water partition coefficient (Wildman–Crippen LogP) is 3.21. The maximum absolute atomic E-state index is 12.7. The van der Waals surface area contributed by atoms with E-state index in [1.807, 2.05) is 45.9 Å². The lowest BCUT2D eigenvalue weighted by Gasteiger charge is -2.25. The molecule has 1 aromatic carbocycles. The van der Waals surface area contributed by atoms with E-state index in [1.54, 1.807) is 6.07 Å². The molecule has 1 heterocycles. The fourth-order valence-electron chi connectivity index (χ4n) is 3.29. The molecule has 1 fully saturated rings. The maximum atomic E-state index is 12.7. The Balaban J connectivity index is 1.89. The van der Waals surface area contributed by atoms with Gasteiger partial charge in [0.1, 0.15) is 6.04 Å². The van der Waals surface area contributed by atoms with Gasteiger partial charge in [-0.2, -0.15) is 0 Å². The van der Waals surface area contributed by atoms with Crippen LogP contribution in [0.25, 0.3) is 0 Å². The number of benzene rings is 1. The Labute approximate surface area is 156 Å². The summed E-state index contributed by atoms with van der Waals surface area (Å²) >= 11 is 0. The third-order valence-electron chi connectivity index (χ3n) is 4.96. The van der Waals surface area contributed by atoms with Gasteiger partial charge in [0.25, 0.3) is 5.91 Å². The summed E-state index contributed by atoms with van der Waals surface area (Å²) in [5.74, 6) is -0.320. The molecule has 0 spiro atoms. The molecule has 0 unspecified atom stereocenters. The number of carbonyl (C=O) groups excluding carboxylic acids is 2. The topological polar surface area (TPSA) is 67.4 Å². The minimum atomic E-state index is -0.549. The molecule has 0 radical (unpaired) electrons. The lowest BCUT2D eigenvalue weighted by atomic mass is 10.0. The highest BCUT2D eigenvalue weighted by atomic mass is 16.5. The van der Waals surface area contributed by atoms with Crippen molar-refractivity contribution in [3.05, 3.63) is 35.4 Å². The Morgan fingerprint density at radius 1 is 1.19 bits per heavy atom. The van der Waals surface area contributed by atoms with Crippen molar-refractivity contribution in [2.45, 2.75) is 71.6 Å². The number of amides is 2. The summed E-state index contributed by atoms with van der Waals surface area (Å²) in [4.78, 5) is 25.2. The summed E-state index contributed by atoms with van der Waals surface area (Å²) in [5, 5.41) is 5.95. The summed E-state index contributed by atoms with van der Waals surface area (Å²) in [5.41, 5.74) is 1.51. The first-order chi connectivity index (χ1) is 12.4. The summed E-state index contributed by atoms with van der Waals surface area (Å²) in [6.45, 7) is 8.64. The molecular formula is C21H32N2O3. The summed E-state index contributed by atoms with van der Waals surface area (Å²) < 4.78 is 5.64. The predicted molar refractivity (Wildman–Crippen MR) is 103 cm³/mol. The first kappa shape index (κ1) is 20.4. The second-order valence-corrected chi connectivity index (χ2v) is 7.63. The van der Waals surface area contributed by atoms with Gasteiger partial charge in [-0.15, -0.1) is 0 Å². The first-order valence-electron chi connectivity index (χ1n) is 9.67. The molecule has 1 aliphatic rings. The Morgan fingerprint density at radius 3 is 2.54 bits per heavy atom. The summed E-state index contributed by atoms with van der Waals surface area (Å²) in [6, 6.07) is 6.92. The molecule has 2 amide bonds. The second kappa shape index (κ2) is 9.72. The Bertz CT molecular complexity index is 609. The summed E-state index contributed by atoms with van der Waals surface area (Å²) in [7, 11) is 0. The molecule has 3 atom stereocenters. The highest BCUT2D eigenvalue weighted by Crippen LogP contribution is 2.18. The first-order valence-corrected chi connectivity index (χ1v) is 9.67. The number of carbonyl (C=O) groups is 2. The number of aryl methyl sites for hydroxylation is 1. The number of nitrogens with one attached hydrogen (secondary N) is 2. The van der Waals surface area contributed by atoms with Crippen molar-refractivity contribution >= 4 is 11.8 Å². The molecule has 5 heteroatoms. The lowest BCUT2D eigenvalue weighted by Crippen LogP contribution is -2.51. The van der Waals surface area contributed by atoms with Gasteiger partial charge >= 0.3 is 0 Å². The summed E-state index contributed by atoms with van der Waals surface area (Å²) in [6.07, 6.45) is 4.42. The minimum absolute atomic E-state index is 0.00772. The van der Waals surface area contributed by atoms with Crippen LogP contribution in [-0.4, -0.2) is 36.6 Å². The monoisotopic (exact) mass is 360 g/mol. The molecular weight excluding hydrogens is 328 g/mol. The molecule has 5 nitrogen and oxygen atoms in total. The quantitative estimate of drug-likeness (QED) is 0.748. The lowest BCUT2D eigenvalue weighted by molar-refractivity contribution is -0.124. The molecule has 0 aromatic heterocycles. The third kappa shape index (κ3) is 5.84. The van der Waals surface area contributed by atoms with E-state index < -0.39 is 6.04 Å². The number of rotatable bonds is 8. The van der Waals surface area contributed by atoms with Crippen LogP contribution in [0, 0.1) is 12.8 Å². The van der Waals surface area contributed by atoms with Crippen molar-refractivity contribution in [2.24, 2.45) is 5.92 Å². The van der Waals surface area contributed by atoms with Crippen LogP contribution < -0.4 is 10.6 Å². The van der Waals surface area contributed by atoms with Crippen molar-refractivity contribution in [3.8, 4) is 0 Å². The van der Waals surface area contributed by atoms with Crippen molar-refractivity contribution in [1.82, 2.24) is 10.6 Å². The van der Waals surface area contributed by atoms with Gasteiger partial charge in [0.15, 0.2) is 0 Å². The van der Waals surface area contributed by atoms with Crippen LogP contribution in [0.2, 0.25) is 0 Å². The molecule has 0 saturated carbocycles. The zero-order valence-electron chi connectivity index (χ0n) is 16.4. The van der Waals surface area contributed by atoms with Crippen molar-refractivity contribution in [1.29, 1.82) is 0 Å². The number of hydrogen-bond donors (Lipinski definition) is 2. The van der Waals surface area contributed by atoms with Crippen LogP contribution in [0.4, 0.5) is 0 Å². The molecule has 2 N–H and O–H groups in total. The Hall–Kier alpha value is -1.88. The van der Waals surface area contributed by atoms with Gasteiger partial charge in [-0.1, -0.05) is 32.0 Å². The van der Waals surface area contributed by atoms with Gasteiger partial charge in [0, 0.05) is 18.2 Å². The van der Waals surface area contributed by atoms with Crippen LogP contribution in [0.3, 0.4) is 0 Å². The molecule has 1 aliphatic heterocycles. The van der Waals surface area contributed by atoms with E-state index in [4.69, 9.17) is 4.74 Å². The minimum Gasteiger partial charge on any atom is -0.378 e. The average Bonchev–Trinajstić information content (AvgIpc) is 3.11. The van der Waals surface area contributed by atoms with Crippen LogP contribution in [-0.2, 0) is 9.53 Å². The van der Waals surface area contributed by atoms with Crippen molar-refractivity contribution in [3.63, 3.8) is 0 Å². The smallest absolute Gasteiger partial charge is 0.252 e. The third-order valence-corrected chi connectivity index (χ3v) is 4.96. The van der Waals surface area contributed by atoms with Crippen LogP contribution in [0.15, 0.2) is 24.3 Å². The van der Waals surface area contributed by atoms with Crippen LogP contribution >= 0.6 is 0 Å². The van der Waals surface area contributed by atoms with E-state index in [0.29, 0.717) is 11.7 Å². The van der Waals surface area contributed by atoms with Gasteiger partial charge in [-0.05, 0) is 57.1 Å². The number of hydrogen-bond acceptors (Lipinski definition) is 3. The normalized spacial score (nSPS) is 19.2. The van der Waals surface area contributed by atoms with Crippen molar-refractivity contribution in [2.75, 3.05) is 6.61 Å². The van der Waals surface area contributed by atoms with E-state index in [-0.39, 0.29) is 23.8 Å². The van der Waals surface area contributed by atoms with Gasteiger partial charge in [-0.25, -0.2) is 0 Å². The van der Waals surface area contributed by atoms with E-state index in [9.17, 15) is 9.59 Å². The Kier molecular flexibility index (Phi) is 7.64. The average molecular weight is 360 g/mol. The zero-order chi connectivity index (χ0) is 19.1. The highest BCUT2D eigenvalue weighted by Gasteiger charge is 2.26. The van der Waals surface area contributed by atoms with Gasteiger partial charge in [-0.3, -0.25) is 9.59 Å². The fourth-order valence-corrected chi connectivity index (χ4v) is 3.29. The molecule has 1 aromatic rings. The van der Waals surface area contributed by atoms with Gasteiger partial charge in [0.2, 0.25) is 5.91 Å². The maximum Gasteiger partial charge on any atom is 0.252 e. The highest BCUT2D eigenvalue weighted by molar-refractivity contribution is 5.98. The Morgan fingerprint density at radius 2 is 1.92 bits per heavy atom. The van der Waals surface area contributed by atoms with Crippen LogP contribution in [0.5, 0.6) is 0 Å². The molecule has 144 valence electrons.